The van der Waals surface area contributed by atoms with Crippen molar-refractivity contribution in [2.24, 2.45) is 0 Å². The van der Waals surface area contributed by atoms with Gasteiger partial charge in [0.2, 0.25) is 0 Å². The van der Waals surface area contributed by atoms with E-state index >= 15 is 0 Å². The summed E-state index contributed by atoms with van der Waals surface area (Å²) in [7, 11) is 0. The number of aryl methyl sites for hydroxylation is 1. The van der Waals surface area contributed by atoms with Crippen molar-refractivity contribution in [3.8, 4) is 5.75 Å². The number of rotatable bonds is 7. The monoisotopic (exact) mass is 460 g/mol. The number of hydrogen-bond acceptors (Lipinski definition) is 6. The van der Waals surface area contributed by atoms with E-state index in [9.17, 15) is 0 Å². The van der Waals surface area contributed by atoms with Gasteiger partial charge in [-0.3, -0.25) is 4.90 Å². The zero-order chi connectivity index (χ0) is 21.3. The molecule has 2 fully saturated rings. The van der Waals surface area contributed by atoms with Gasteiger partial charge in [0, 0.05) is 35.5 Å². The standard InChI is InChI=1S/C25H36N2O2S2/c1-3-25(27-13-15-28-16-14-27)10-7-19(8-11-25)29-20-9-12-26-24-23(20)22-18(17-30-4-2)5-6-21(22)31-24/h9,12,18-19H,3-8,10-11,13-17H2,1-2H3/t18-,19-,25-/m1/s1. The summed E-state index contributed by atoms with van der Waals surface area (Å²) in [5.41, 5.74) is 1.92. The number of hydrogen-bond donors (Lipinski definition) is 0. The smallest absolute Gasteiger partial charge is 0.131 e. The van der Waals surface area contributed by atoms with E-state index in [0.29, 0.717) is 17.6 Å². The number of thiophene rings is 1. The highest BCUT2D eigenvalue weighted by molar-refractivity contribution is 7.99. The van der Waals surface area contributed by atoms with Gasteiger partial charge in [0.05, 0.1) is 24.7 Å². The van der Waals surface area contributed by atoms with Crippen LogP contribution in [-0.4, -0.2) is 59.3 Å². The molecule has 0 spiro atoms. The molecule has 1 aliphatic heterocycles. The molecule has 170 valence electrons. The average Bonchev–Trinajstić information content (AvgIpc) is 3.38. The fourth-order valence-corrected chi connectivity index (χ4v) is 8.12. The van der Waals surface area contributed by atoms with E-state index in [1.54, 1.807) is 10.4 Å². The van der Waals surface area contributed by atoms with Gasteiger partial charge in [0.15, 0.2) is 0 Å². The Kier molecular flexibility index (Phi) is 6.80. The first-order chi connectivity index (χ1) is 15.2. The van der Waals surface area contributed by atoms with Gasteiger partial charge in [-0.05, 0) is 68.2 Å². The van der Waals surface area contributed by atoms with Gasteiger partial charge in [-0.1, -0.05) is 13.8 Å². The Morgan fingerprint density at radius 3 is 2.77 bits per heavy atom. The SMILES string of the molecule is CCSC[C@H]1CCc2sc3nccc(O[C@H]4CC[C@](CC)(N5CCOCC5)CC4)c3c21. The summed E-state index contributed by atoms with van der Waals surface area (Å²) >= 11 is 3.97. The highest BCUT2D eigenvalue weighted by Crippen LogP contribution is 2.48. The molecule has 1 atom stereocenters. The molecule has 6 heteroatoms. The first-order valence-electron chi connectivity index (χ1n) is 12.2. The molecule has 0 radical (unpaired) electrons. The van der Waals surface area contributed by atoms with E-state index in [0.717, 1.165) is 44.9 Å². The van der Waals surface area contributed by atoms with Crippen molar-refractivity contribution in [2.75, 3.05) is 37.8 Å². The van der Waals surface area contributed by atoms with Crippen molar-refractivity contribution in [3.63, 3.8) is 0 Å². The van der Waals surface area contributed by atoms with Crippen LogP contribution in [0.3, 0.4) is 0 Å². The molecule has 5 rings (SSSR count). The molecule has 0 bridgehead atoms. The lowest BCUT2D eigenvalue weighted by molar-refractivity contribution is -0.0510. The summed E-state index contributed by atoms with van der Waals surface area (Å²) in [6.07, 6.45) is 10.8. The number of thioether (sulfide) groups is 1. The third-order valence-electron chi connectivity index (χ3n) is 7.82. The van der Waals surface area contributed by atoms with Crippen LogP contribution in [0.5, 0.6) is 5.75 Å². The average molecular weight is 461 g/mol. The van der Waals surface area contributed by atoms with Gasteiger partial charge in [-0.25, -0.2) is 4.98 Å². The van der Waals surface area contributed by atoms with Crippen LogP contribution in [0.1, 0.15) is 68.7 Å². The number of nitrogens with zero attached hydrogens (tertiary/aromatic N) is 2. The van der Waals surface area contributed by atoms with E-state index < -0.39 is 0 Å². The maximum atomic E-state index is 6.75. The Hall–Kier alpha value is -0.820. The van der Waals surface area contributed by atoms with Gasteiger partial charge >= 0.3 is 0 Å². The summed E-state index contributed by atoms with van der Waals surface area (Å²) in [5.74, 6) is 4.18. The quantitative estimate of drug-likeness (QED) is 0.515. The molecule has 0 N–H and O–H groups in total. The van der Waals surface area contributed by atoms with E-state index in [-0.39, 0.29) is 0 Å². The molecule has 2 aromatic rings. The molecular weight excluding hydrogens is 424 g/mol. The Balaban J connectivity index is 1.33. The zero-order valence-corrected chi connectivity index (χ0v) is 20.7. The lowest BCUT2D eigenvalue weighted by Crippen LogP contribution is -2.55. The third-order valence-corrected chi connectivity index (χ3v) is 10.0. The second-order valence-corrected chi connectivity index (χ2v) is 11.7. The van der Waals surface area contributed by atoms with E-state index in [1.165, 1.54) is 53.8 Å². The van der Waals surface area contributed by atoms with Gasteiger partial charge in [0.25, 0.3) is 0 Å². The molecule has 4 nitrogen and oxygen atoms in total. The molecular formula is C25H36N2O2S2. The topological polar surface area (TPSA) is 34.6 Å². The van der Waals surface area contributed by atoms with Gasteiger partial charge in [-0.2, -0.15) is 11.8 Å². The maximum absolute atomic E-state index is 6.75. The molecule has 0 aromatic carbocycles. The first kappa shape index (κ1) is 22.0. The fourth-order valence-electron chi connectivity index (χ4n) is 6.01. The van der Waals surface area contributed by atoms with Crippen molar-refractivity contribution in [1.82, 2.24) is 9.88 Å². The Bertz CT molecular complexity index is 885. The van der Waals surface area contributed by atoms with Crippen LogP contribution >= 0.6 is 23.1 Å². The fraction of sp³-hybridized carbons (Fsp3) is 0.720. The lowest BCUT2D eigenvalue weighted by Gasteiger charge is -2.49. The summed E-state index contributed by atoms with van der Waals surface area (Å²) in [6, 6.07) is 2.13. The van der Waals surface area contributed by atoms with Crippen molar-refractivity contribution in [3.05, 3.63) is 22.7 Å². The minimum Gasteiger partial charge on any atom is -0.490 e. The summed E-state index contributed by atoms with van der Waals surface area (Å²) in [5, 5.41) is 1.34. The van der Waals surface area contributed by atoms with E-state index in [1.807, 2.05) is 17.5 Å². The molecule has 2 aromatic heterocycles. The summed E-state index contributed by atoms with van der Waals surface area (Å²) < 4.78 is 12.4. The van der Waals surface area contributed by atoms with Crippen LogP contribution in [0.2, 0.25) is 0 Å². The van der Waals surface area contributed by atoms with E-state index in [2.05, 4.69) is 36.6 Å². The van der Waals surface area contributed by atoms with Crippen LogP contribution in [0, 0.1) is 0 Å². The van der Waals surface area contributed by atoms with Gasteiger partial charge < -0.3 is 9.47 Å². The van der Waals surface area contributed by atoms with Gasteiger partial charge in [-0.15, -0.1) is 11.3 Å². The highest BCUT2D eigenvalue weighted by atomic mass is 32.2. The Morgan fingerprint density at radius 2 is 2.03 bits per heavy atom. The van der Waals surface area contributed by atoms with Gasteiger partial charge in [0.1, 0.15) is 10.6 Å². The second kappa shape index (κ2) is 9.58. The molecule has 3 aliphatic rings. The van der Waals surface area contributed by atoms with E-state index in [4.69, 9.17) is 14.5 Å². The molecule has 0 unspecified atom stereocenters. The van der Waals surface area contributed by atoms with Crippen LogP contribution in [0.25, 0.3) is 10.2 Å². The highest BCUT2D eigenvalue weighted by Gasteiger charge is 2.40. The normalized spacial score (nSPS) is 29.4. The van der Waals surface area contributed by atoms with Crippen molar-refractivity contribution >= 4 is 33.3 Å². The predicted octanol–water partition coefficient (Wildman–Crippen LogP) is 5.88. The van der Waals surface area contributed by atoms with Crippen LogP contribution < -0.4 is 4.74 Å². The number of fused-ring (bicyclic) bond motifs is 3. The molecule has 3 heterocycles. The van der Waals surface area contributed by atoms with Crippen LogP contribution in [0.15, 0.2) is 12.3 Å². The van der Waals surface area contributed by atoms with Crippen molar-refractivity contribution in [1.29, 1.82) is 0 Å². The second-order valence-electron chi connectivity index (χ2n) is 9.32. The number of pyridine rings is 1. The zero-order valence-electron chi connectivity index (χ0n) is 19.0. The van der Waals surface area contributed by atoms with Crippen LogP contribution in [-0.2, 0) is 11.2 Å². The first-order valence-corrected chi connectivity index (χ1v) is 14.2. The lowest BCUT2D eigenvalue weighted by atomic mass is 9.77. The number of ether oxygens (including phenoxy) is 2. The number of aromatic nitrogens is 1. The molecule has 1 saturated carbocycles. The molecule has 1 saturated heterocycles. The Labute approximate surface area is 195 Å². The predicted molar refractivity (Wildman–Crippen MR) is 132 cm³/mol. The van der Waals surface area contributed by atoms with Crippen LogP contribution in [0.4, 0.5) is 0 Å². The minimum absolute atomic E-state index is 0.326. The number of morpholine rings is 1. The van der Waals surface area contributed by atoms with Crippen molar-refractivity contribution < 1.29 is 9.47 Å². The maximum Gasteiger partial charge on any atom is 0.131 e. The molecule has 2 aliphatic carbocycles. The summed E-state index contributed by atoms with van der Waals surface area (Å²) in [6.45, 7) is 8.57. The molecule has 31 heavy (non-hydrogen) atoms. The minimum atomic E-state index is 0.326. The Morgan fingerprint density at radius 1 is 1.23 bits per heavy atom. The largest absolute Gasteiger partial charge is 0.490 e. The summed E-state index contributed by atoms with van der Waals surface area (Å²) in [4.78, 5) is 10.2. The third kappa shape index (κ3) is 4.25. The van der Waals surface area contributed by atoms with Crippen molar-refractivity contribution in [2.45, 2.75) is 76.4 Å². The molecule has 0 amide bonds.